The van der Waals surface area contributed by atoms with Gasteiger partial charge in [-0.2, -0.15) is 10.2 Å². The summed E-state index contributed by atoms with van der Waals surface area (Å²) in [5, 5.41) is 19.3. The van der Waals surface area contributed by atoms with E-state index in [1.54, 1.807) is 6.07 Å². The maximum atomic E-state index is 12.1. The minimum absolute atomic E-state index is 0.0608. The second-order valence-electron chi connectivity index (χ2n) is 5.60. The fourth-order valence-electron chi connectivity index (χ4n) is 2.25. The number of nitro groups is 1. The predicted molar refractivity (Wildman–Crippen MR) is 105 cm³/mol. The number of anilines is 1. The van der Waals surface area contributed by atoms with Gasteiger partial charge in [-0.15, -0.1) is 0 Å². The number of nitrogens with zero attached hydrogens (tertiary/aromatic N) is 5. The van der Waals surface area contributed by atoms with E-state index < -0.39 is 10.8 Å². The van der Waals surface area contributed by atoms with Crippen molar-refractivity contribution >= 4 is 40.2 Å². The molecular weight excluding hydrogens is 362 g/mol. The fraction of sp³-hybridized carbons (Fsp3) is 0.0556. The van der Waals surface area contributed by atoms with Gasteiger partial charge >= 0.3 is 0 Å². The number of carbonyl (C=O) groups excluding carboxylic acids is 1. The van der Waals surface area contributed by atoms with Gasteiger partial charge < -0.3 is 0 Å². The Hall–Kier alpha value is -4.21. The second-order valence-corrected chi connectivity index (χ2v) is 5.60. The van der Waals surface area contributed by atoms with Gasteiger partial charge in [0.25, 0.3) is 11.6 Å². The van der Waals surface area contributed by atoms with E-state index >= 15 is 0 Å². The summed E-state index contributed by atoms with van der Waals surface area (Å²) in [6.07, 6.45) is 2.71. The molecule has 0 aliphatic rings. The molecule has 0 atom stereocenters. The maximum absolute atomic E-state index is 12.1. The van der Waals surface area contributed by atoms with Gasteiger partial charge in [0.05, 0.1) is 16.7 Å². The highest BCUT2D eigenvalue weighted by molar-refractivity contribution is 6.38. The Morgan fingerprint density at radius 1 is 1.18 bits per heavy atom. The van der Waals surface area contributed by atoms with Crippen LogP contribution in [0.3, 0.4) is 0 Å². The number of hydrogen-bond donors (Lipinski definition) is 2. The van der Waals surface area contributed by atoms with Crippen molar-refractivity contribution in [2.24, 2.45) is 10.2 Å². The van der Waals surface area contributed by atoms with E-state index in [0.717, 1.165) is 10.9 Å². The van der Waals surface area contributed by atoms with Crippen molar-refractivity contribution in [3.05, 3.63) is 70.5 Å². The summed E-state index contributed by atoms with van der Waals surface area (Å²) in [4.78, 5) is 30.6. The first-order valence-electron chi connectivity index (χ1n) is 8.12. The number of hydrazone groups is 2. The molecule has 0 fully saturated rings. The number of amides is 1. The molecule has 0 unspecified atom stereocenters. The monoisotopic (exact) mass is 377 g/mol. The number of aromatic nitrogens is 2. The van der Waals surface area contributed by atoms with Crippen molar-refractivity contribution in [3.8, 4) is 0 Å². The SMILES string of the molecule is C/C(=N/Nc1ncnc2ccccc12)C(=O)N/N=C\c1cccc([N+](=O)[O-])c1. The molecule has 0 aliphatic heterocycles. The maximum Gasteiger partial charge on any atom is 0.287 e. The average Bonchev–Trinajstić information content (AvgIpc) is 2.72. The van der Waals surface area contributed by atoms with Crippen LogP contribution >= 0.6 is 0 Å². The Morgan fingerprint density at radius 3 is 2.82 bits per heavy atom. The third kappa shape index (κ3) is 4.49. The lowest BCUT2D eigenvalue weighted by atomic mass is 10.2. The van der Waals surface area contributed by atoms with Crippen LogP contribution in [0, 0.1) is 10.1 Å². The first kappa shape index (κ1) is 18.6. The Kier molecular flexibility index (Phi) is 5.60. The van der Waals surface area contributed by atoms with Gasteiger partial charge in [-0.25, -0.2) is 15.4 Å². The number of hydrogen-bond acceptors (Lipinski definition) is 8. The quantitative estimate of drug-likeness (QED) is 0.385. The van der Waals surface area contributed by atoms with Crippen LogP contribution in [0.1, 0.15) is 12.5 Å². The lowest BCUT2D eigenvalue weighted by Crippen LogP contribution is -2.25. The Bertz CT molecular complexity index is 1090. The smallest absolute Gasteiger partial charge is 0.266 e. The molecule has 2 N–H and O–H groups in total. The summed E-state index contributed by atoms with van der Waals surface area (Å²) in [6.45, 7) is 1.51. The van der Waals surface area contributed by atoms with Gasteiger partial charge in [-0.1, -0.05) is 24.3 Å². The molecule has 28 heavy (non-hydrogen) atoms. The summed E-state index contributed by atoms with van der Waals surface area (Å²) in [5.74, 6) is -0.0645. The lowest BCUT2D eigenvalue weighted by molar-refractivity contribution is -0.384. The number of benzene rings is 2. The van der Waals surface area contributed by atoms with Crippen LogP contribution in [0.5, 0.6) is 0 Å². The van der Waals surface area contributed by atoms with Crippen molar-refractivity contribution < 1.29 is 9.72 Å². The lowest BCUT2D eigenvalue weighted by Gasteiger charge is -2.04. The number of para-hydroxylation sites is 1. The van der Waals surface area contributed by atoms with E-state index in [2.05, 4.69) is 31.0 Å². The summed E-state index contributed by atoms with van der Waals surface area (Å²) >= 11 is 0. The van der Waals surface area contributed by atoms with Gasteiger partial charge in [0.1, 0.15) is 12.0 Å². The van der Waals surface area contributed by atoms with Crippen LogP contribution in [-0.4, -0.2) is 32.7 Å². The molecule has 0 aliphatic carbocycles. The summed E-state index contributed by atoms with van der Waals surface area (Å²) in [7, 11) is 0. The van der Waals surface area contributed by atoms with Gasteiger partial charge in [-0.3, -0.25) is 20.3 Å². The molecule has 0 saturated carbocycles. The molecule has 1 aromatic heterocycles. The minimum Gasteiger partial charge on any atom is -0.266 e. The van der Waals surface area contributed by atoms with Crippen LogP contribution in [0.4, 0.5) is 11.5 Å². The van der Waals surface area contributed by atoms with Gasteiger partial charge in [-0.05, 0) is 19.1 Å². The third-order valence-corrected chi connectivity index (χ3v) is 3.66. The Morgan fingerprint density at radius 2 is 2.00 bits per heavy atom. The zero-order valence-electron chi connectivity index (χ0n) is 14.7. The molecular formula is C18H15N7O3. The third-order valence-electron chi connectivity index (χ3n) is 3.66. The number of non-ortho nitro benzene ring substituents is 1. The van der Waals surface area contributed by atoms with Crippen LogP contribution < -0.4 is 10.9 Å². The second kappa shape index (κ2) is 8.45. The summed E-state index contributed by atoms with van der Waals surface area (Å²) in [5.41, 5.74) is 6.35. The molecule has 2 aromatic carbocycles. The normalized spacial score (nSPS) is 11.5. The molecule has 0 bridgehead atoms. The number of rotatable bonds is 6. The van der Waals surface area contributed by atoms with Crippen molar-refractivity contribution in [3.63, 3.8) is 0 Å². The van der Waals surface area contributed by atoms with Gasteiger partial charge in [0.15, 0.2) is 5.82 Å². The highest BCUT2D eigenvalue weighted by atomic mass is 16.6. The zero-order valence-corrected chi connectivity index (χ0v) is 14.7. The molecule has 1 amide bonds. The predicted octanol–water partition coefficient (Wildman–Crippen LogP) is 2.48. The molecule has 140 valence electrons. The van der Waals surface area contributed by atoms with E-state index in [1.807, 2.05) is 24.3 Å². The number of nitrogens with one attached hydrogen (secondary N) is 2. The molecule has 3 aromatic rings. The summed E-state index contributed by atoms with van der Waals surface area (Å²) in [6, 6.07) is 13.3. The van der Waals surface area contributed by atoms with Crippen LogP contribution in [0.15, 0.2) is 65.1 Å². The van der Waals surface area contributed by atoms with Crippen LogP contribution in [0.25, 0.3) is 10.9 Å². The van der Waals surface area contributed by atoms with E-state index in [9.17, 15) is 14.9 Å². The van der Waals surface area contributed by atoms with Gasteiger partial charge in [0.2, 0.25) is 0 Å². The summed E-state index contributed by atoms with van der Waals surface area (Å²) < 4.78 is 0. The van der Waals surface area contributed by atoms with Crippen molar-refractivity contribution in [2.45, 2.75) is 6.92 Å². The minimum atomic E-state index is -0.535. The van der Waals surface area contributed by atoms with E-state index in [4.69, 9.17) is 0 Å². The first-order valence-corrected chi connectivity index (χ1v) is 8.12. The number of carbonyl (C=O) groups is 1. The van der Waals surface area contributed by atoms with E-state index in [0.29, 0.717) is 11.4 Å². The van der Waals surface area contributed by atoms with Crippen molar-refractivity contribution in [2.75, 3.05) is 5.43 Å². The van der Waals surface area contributed by atoms with Crippen molar-refractivity contribution in [1.82, 2.24) is 15.4 Å². The molecule has 10 nitrogen and oxygen atoms in total. The molecule has 1 heterocycles. The molecule has 0 saturated heterocycles. The Balaban J connectivity index is 1.64. The first-order chi connectivity index (χ1) is 13.5. The molecule has 0 radical (unpaired) electrons. The van der Waals surface area contributed by atoms with E-state index in [1.165, 1.54) is 37.7 Å². The zero-order chi connectivity index (χ0) is 19.9. The number of fused-ring (bicyclic) bond motifs is 1. The topological polar surface area (TPSA) is 135 Å². The highest BCUT2D eigenvalue weighted by Gasteiger charge is 2.07. The van der Waals surface area contributed by atoms with Crippen LogP contribution in [-0.2, 0) is 4.79 Å². The standard InChI is InChI=1S/C18H15N7O3/c1-12(22-23-17-15-7-2-3-8-16(15)19-11-20-17)18(26)24-21-10-13-5-4-6-14(9-13)25(27)28/h2-11H,1H3,(H,24,26)(H,19,20,23)/b21-10-,22-12-. The molecule has 0 spiro atoms. The van der Waals surface area contributed by atoms with Crippen LogP contribution in [0.2, 0.25) is 0 Å². The van der Waals surface area contributed by atoms with Crippen molar-refractivity contribution in [1.29, 1.82) is 0 Å². The Labute approximate surface area is 159 Å². The molecule has 10 heteroatoms. The molecule has 3 rings (SSSR count). The highest BCUT2D eigenvalue weighted by Crippen LogP contribution is 2.18. The fourth-order valence-corrected chi connectivity index (χ4v) is 2.25. The largest absolute Gasteiger partial charge is 0.287 e. The number of nitro benzene ring substituents is 1. The van der Waals surface area contributed by atoms with Gasteiger partial charge in [0, 0.05) is 23.1 Å². The average molecular weight is 377 g/mol. The van der Waals surface area contributed by atoms with E-state index in [-0.39, 0.29) is 11.4 Å².